The Balaban J connectivity index is 1.87. The van der Waals surface area contributed by atoms with E-state index in [1.807, 2.05) is 0 Å². The molecule has 0 aliphatic carbocycles. The lowest BCUT2D eigenvalue weighted by Crippen LogP contribution is -2.36. The molecule has 10 nitrogen and oxygen atoms in total. The zero-order valence-corrected chi connectivity index (χ0v) is 14.3. The van der Waals surface area contributed by atoms with Gasteiger partial charge in [-0.1, -0.05) is 0 Å². The van der Waals surface area contributed by atoms with Crippen LogP contribution < -0.4 is 11.2 Å². The normalized spacial score (nSPS) is 35.5. The summed E-state index contributed by atoms with van der Waals surface area (Å²) in [6.45, 7) is -0.763. The van der Waals surface area contributed by atoms with Crippen molar-refractivity contribution in [3.63, 3.8) is 0 Å². The monoisotopic (exact) mass is 402 g/mol. The van der Waals surface area contributed by atoms with Crippen LogP contribution in [0.2, 0.25) is 0 Å². The molecule has 2 fully saturated rings. The maximum atomic E-state index is 12.4. The van der Waals surface area contributed by atoms with Gasteiger partial charge in [0.25, 0.3) is 5.56 Å². The topological polar surface area (TPSA) is 129 Å². The molecule has 13 heteroatoms. The first-order chi connectivity index (χ1) is 11.3. The van der Waals surface area contributed by atoms with Gasteiger partial charge in [-0.15, -0.1) is 23.2 Å². The highest BCUT2D eigenvalue weighted by Gasteiger charge is 2.58. The van der Waals surface area contributed by atoms with Crippen molar-refractivity contribution in [1.29, 1.82) is 0 Å². The number of hydrogen-bond donors (Lipinski definition) is 2. The molecular weight excluding hydrogens is 390 g/mol. The summed E-state index contributed by atoms with van der Waals surface area (Å²) in [7, 11) is -3.98. The molecule has 3 heterocycles. The Morgan fingerprint density at radius 1 is 1.38 bits per heavy atom. The molecule has 3 rings (SSSR count). The van der Waals surface area contributed by atoms with Gasteiger partial charge in [-0.05, 0) is 0 Å². The summed E-state index contributed by atoms with van der Waals surface area (Å²) >= 11 is 11.0. The minimum absolute atomic E-state index is 0.298. The van der Waals surface area contributed by atoms with E-state index >= 15 is 0 Å². The lowest BCUT2D eigenvalue weighted by molar-refractivity contribution is -0.0639. The maximum absolute atomic E-state index is 12.4. The van der Waals surface area contributed by atoms with Crippen LogP contribution in [0.3, 0.4) is 0 Å². The Hall–Kier alpha value is -0.710. The zero-order chi connectivity index (χ0) is 17.5. The zero-order valence-electron chi connectivity index (χ0n) is 11.9. The number of ether oxygens (including phenoxy) is 1. The molecule has 0 spiro atoms. The highest BCUT2D eigenvalue weighted by Crippen LogP contribution is 2.62. The number of aliphatic hydroxyl groups is 1. The highest BCUT2D eigenvalue weighted by atomic mass is 35.5. The number of nitrogens with one attached hydrogen (secondary N) is 1. The van der Waals surface area contributed by atoms with Gasteiger partial charge in [0.05, 0.1) is 13.2 Å². The van der Waals surface area contributed by atoms with Crippen molar-refractivity contribution in [2.24, 2.45) is 0 Å². The van der Waals surface area contributed by atoms with Crippen molar-refractivity contribution in [3.05, 3.63) is 33.1 Å². The molecule has 2 aliphatic rings. The van der Waals surface area contributed by atoms with Crippen LogP contribution in [-0.4, -0.2) is 51.0 Å². The number of aliphatic hydroxyl groups excluding tert-OH is 1. The van der Waals surface area contributed by atoms with Crippen molar-refractivity contribution in [3.8, 4) is 0 Å². The minimum Gasteiger partial charge on any atom is -0.394 e. The van der Waals surface area contributed by atoms with Crippen LogP contribution in [0.1, 0.15) is 6.23 Å². The molecule has 2 saturated heterocycles. The summed E-state index contributed by atoms with van der Waals surface area (Å²) in [6, 6.07) is 1.11. The van der Waals surface area contributed by atoms with Gasteiger partial charge in [0, 0.05) is 12.3 Å². The van der Waals surface area contributed by atoms with E-state index in [0.717, 1.165) is 10.6 Å². The van der Waals surface area contributed by atoms with Gasteiger partial charge in [0.2, 0.25) is 0 Å². The Bertz CT molecular complexity index is 767. The third-order valence-corrected chi connectivity index (χ3v) is 5.17. The fourth-order valence-corrected chi connectivity index (χ4v) is 4.36. The van der Waals surface area contributed by atoms with Crippen LogP contribution >= 0.6 is 31.0 Å². The minimum atomic E-state index is -3.98. The predicted octanol–water partition coefficient (Wildman–Crippen LogP) is 0.139. The van der Waals surface area contributed by atoms with Crippen LogP contribution in [-0.2, 0) is 22.9 Å². The Morgan fingerprint density at radius 2 is 2.08 bits per heavy atom. The summed E-state index contributed by atoms with van der Waals surface area (Å²) in [4.78, 5) is 24.2. The van der Waals surface area contributed by atoms with E-state index in [1.54, 1.807) is 0 Å². The molecule has 0 aromatic carbocycles. The number of rotatable bonds is 5. The Labute approximate surface area is 144 Å². The second-order valence-electron chi connectivity index (χ2n) is 5.04. The number of hydrogen-bond acceptors (Lipinski definition) is 8. The molecule has 0 radical (unpaired) electrons. The van der Waals surface area contributed by atoms with Gasteiger partial charge in [0.15, 0.2) is 6.23 Å². The van der Waals surface area contributed by atoms with E-state index in [-0.39, 0.29) is 6.61 Å². The number of aromatic nitrogens is 2. The van der Waals surface area contributed by atoms with Gasteiger partial charge < -0.3 is 9.84 Å². The number of phosphoric ester groups is 1. The van der Waals surface area contributed by atoms with Gasteiger partial charge in [-0.25, -0.2) is 9.36 Å². The van der Waals surface area contributed by atoms with Gasteiger partial charge >= 0.3 is 13.5 Å². The van der Waals surface area contributed by atoms with E-state index in [2.05, 4.69) is 4.98 Å². The number of phosphoric acid groups is 1. The molecule has 0 saturated carbocycles. The van der Waals surface area contributed by atoms with Gasteiger partial charge in [-0.3, -0.25) is 27.9 Å². The van der Waals surface area contributed by atoms with Crippen molar-refractivity contribution in [1.82, 2.24) is 9.55 Å². The van der Waals surface area contributed by atoms with Crippen LogP contribution in [0.15, 0.2) is 21.9 Å². The quantitative estimate of drug-likeness (QED) is 0.525. The second kappa shape index (κ2) is 6.89. The standard InChI is InChI=1S/C11H13Cl2N2O8P/c12-6(13)4-20-24(19)22-8-5(3-16)21-10(9(8)23-24)15-2-1-7(17)14-11(15)18/h1-2,5-6,8-10,16H,3-4H2,(H,14,17,18)/t5-,8-,9-,10-,24?/m1/s1. The SMILES string of the molecule is O=c1ccn([C@@H]2O[C@H](CO)[C@H]3OP(=O)(OCC(Cl)Cl)O[C@H]32)c(=O)[nH]1. The smallest absolute Gasteiger partial charge is 0.394 e. The molecular formula is C11H13Cl2N2O8P. The average Bonchev–Trinajstić information content (AvgIpc) is 3.01. The number of H-pyrrole nitrogens is 1. The molecule has 134 valence electrons. The summed E-state index contributed by atoms with van der Waals surface area (Å²) in [5.74, 6) is 0. The van der Waals surface area contributed by atoms with E-state index < -0.39 is 55.1 Å². The molecule has 24 heavy (non-hydrogen) atoms. The molecule has 1 unspecified atom stereocenters. The van der Waals surface area contributed by atoms with E-state index in [1.165, 1.54) is 6.20 Å². The molecule has 0 amide bonds. The largest absolute Gasteiger partial charge is 0.475 e. The first-order valence-electron chi connectivity index (χ1n) is 6.80. The van der Waals surface area contributed by atoms with Crippen molar-refractivity contribution in [2.75, 3.05) is 13.2 Å². The fraction of sp³-hybridized carbons (Fsp3) is 0.636. The van der Waals surface area contributed by atoms with E-state index in [0.29, 0.717) is 0 Å². The number of halogens is 2. The highest BCUT2D eigenvalue weighted by molar-refractivity contribution is 7.48. The first-order valence-corrected chi connectivity index (χ1v) is 9.13. The summed E-state index contributed by atoms with van der Waals surface area (Å²) in [5.41, 5.74) is -1.34. The molecule has 2 aliphatic heterocycles. The van der Waals surface area contributed by atoms with Crippen molar-refractivity contribution < 1.29 is 28.0 Å². The van der Waals surface area contributed by atoms with E-state index in [9.17, 15) is 19.3 Å². The Kier molecular flexibility index (Phi) is 5.19. The average molecular weight is 403 g/mol. The molecule has 0 bridgehead atoms. The number of nitrogens with zero attached hydrogens (tertiary/aromatic N) is 1. The molecule has 1 aromatic heterocycles. The van der Waals surface area contributed by atoms with Crippen LogP contribution in [0.5, 0.6) is 0 Å². The van der Waals surface area contributed by atoms with Crippen LogP contribution in [0.4, 0.5) is 0 Å². The third kappa shape index (κ3) is 3.47. The molecule has 2 N–H and O–H groups in total. The summed E-state index contributed by atoms with van der Waals surface area (Å²) < 4.78 is 34.6. The predicted molar refractivity (Wildman–Crippen MR) is 81.1 cm³/mol. The van der Waals surface area contributed by atoms with Crippen molar-refractivity contribution in [2.45, 2.75) is 29.4 Å². The Morgan fingerprint density at radius 3 is 2.71 bits per heavy atom. The van der Waals surface area contributed by atoms with Crippen molar-refractivity contribution >= 4 is 31.0 Å². The van der Waals surface area contributed by atoms with E-state index in [4.69, 9.17) is 41.5 Å². The molecule has 5 atom stereocenters. The van der Waals surface area contributed by atoms with Gasteiger partial charge in [-0.2, -0.15) is 0 Å². The molecule has 1 aromatic rings. The van der Waals surface area contributed by atoms with Crippen LogP contribution in [0, 0.1) is 0 Å². The number of aromatic amines is 1. The number of fused-ring (bicyclic) bond motifs is 1. The lowest BCUT2D eigenvalue weighted by atomic mass is 10.1. The lowest BCUT2D eigenvalue weighted by Gasteiger charge is -2.20. The summed E-state index contributed by atoms with van der Waals surface area (Å²) in [5, 5.41) is 9.40. The fourth-order valence-electron chi connectivity index (χ4n) is 2.48. The number of alkyl halides is 2. The third-order valence-electron chi connectivity index (χ3n) is 3.45. The summed E-state index contributed by atoms with van der Waals surface area (Å²) in [6.07, 6.45) is -2.71. The van der Waals surface area contributed by atoms with Gasteiger partial charge in [0.1, 0.15) is 23.1 Å². The first kappa shape index (κ1) is 18.1. The maximum Gasteiger partial charge on any atom is 0.475 e. The van der Waals surface area contributed by atoms with Crippen LogP contribution in [0.25, 0.3) is 0 Å². The second-order valence-corrected chi connectivity index (χ2v) is 7.89.